The molecule has 0 aliphatic carbocycles. The standard InChI is InChI=1S/C15H12ClN5O2/c1-8-7-20-11-12(19(2)15(23)18-13(11)22)17-14(20)21(8)10-6-4-3-5-9(10)16/h3-7H,1-2H3,(H,18,22,23). The van der Waals surface area contributed by atoms with E-state index in [1.54, 1.807) is 23.7 Å². The van der Waals surface area contributed by atoms with Crippen LogP contribution < -0.4 is 11.2 Å². The summed E-state index contributed by atoms with van der Waals surface area (Å²) in [5, 5.41) is 0.573. The number of rotatable bonds is 1. The van der Waals surface area contributed by atoms with Gasteiger partial charge in [-0.15, -0.1) is 0 Å². The Kier molecular flexibility index (Phi) is 2.76. The zero-order chi connectivity index (χ0) is 16.3. The van der Waals surface area contributed by atoms with Crippen molar-refractivity contribution in [2.45, 2.75) is 6.92 Å². The highest BCUT2D eigenvalue weighted by Gasteiger charge is 2.18. The minimum absolute atomic E-state index is 0.328. The summed E-state index contributed by atoms with van der Waals surface area (Å²) in [5.41, 5.74) is 1.33. The summed E-state index contributed by atoms with van der Waals surface area (Å²) in [7, 11) is 1.57. The van der Waals surface area contributed by atoms with E-state index in [-0.39, 0.29) is 0 Å². The Bertz CT molecular complexity index is 1190. The van der Waals surface area contributed by atoms with Crippen molar-refractivity contribution in [3.8, 4) is 5.69 Å². The molecule has 3 heterocycles. The number of nitrogens with zero attached hydrogens (tertiary/aromatic N) is 4. The number of aryl methyl sites for hydroxylation is 2. The van der Waals surface area contributed by atoms with Crippen molar-refractivity contribution in [1.82, 2.24) is 23.5 Å². The Morgan fingerprint density at radius 2 is 1.96 bits per heavy atom. The van der Waals surface area contributed by atoms with Gasteiger partial charge in [-0.2, -0.15) is 4.98 Å². The minimum Gasteiger partial charge on any atom is -0.281 e. The van der Waals surface area contributed by atoms with Gasteiger partial charge in [0.15, 0.2) is 11.2 Å². The number of halogens is 1. The first kappa shape index (κ1) is 13.8. The maximum absolute atomic E-state index is 12.2. The second-order valence-corrected chi connectivity index (χ2v) is 5.74. The number of benzene rings is 1. The summed E-state index contributed by atoms with van der Waals surface area (Å²) in [6.07, 6.45) is 1.80. The zero-order valence-corrected chi connectivity index (χ0v) is 13.1. The Morgan fingerprint density at radius 3 is 2.70 bits per heavy atom. The highest BCUT2D eigenvalue weighted by Crippen LogP contribution is 2.25. The number of fused-ring (bicyclic) bond motifs is 3. The van der Waals surface area contributed by atoms with E-state index < -0.39 is 11.2 Å². The van der Waals surface area contributed by atoms with E-state index in [0.29, 0.717) is 22.0 Å². The van der Waals surface area contributed by atoms with E-state index >= 15 is 0 Å². The zero-order valence-electron chi connectivity index (χ0n) is 12.4. The summed E-state index contributed by atoms with van der Waals surface area (Å²) in [5.74, 6) is 0.525. The van der Waals surface area contributed by atoms with Crippen molar-refractivity contribution < 1.29 is 0 Å². The van der Waals surface area contributed by atoms with Gasteiger partial charge in [-0.25, -0.2) is 4.79 Å². The van der Waals surface area contributed by atoms with Crippen LogP contribution >= 0.6 is 11.6 Å². The van der Waals surface area contributed by atoms with Crippen LogP contribution in [0.1, 0.15) is 5.69 Å². The van der Waals surface area contributed by atoms with Gasteiger partial charge in [-0.3, -0.25) is 23.3 Å². The monoisotopic (exact) mass is 329 g/mol. The Labute approximate surface area is 134 Å². The van der Waals surface area contributed by atoms with Crippen molar-refractivity contribution in [1.29, 1.82) is 0 Å². The number of aromatic amines is 1. The third-order valence-corrected chi connectivity index (χ3v) is 4.21. The number of hydrogen-bond donors (Lipinski definition) is 1. The molecule has 0 fully saturated rings. The average molecular weight is 330 g/mol. The molecule has 0 unspecified atom stereocenters. The largest absolute Gasteiger partial charge is 0.329 e. The second kappa shape index (κ2) is 4.60. The van der Waals surface area contributed by atoms with Gasteiger partial charge >= 0.3 is 5.69 Å². The molecule has 0 saturated carbocycles. The quantitative estimate of drug-likeness (QED) is 0.576. The molecule has 1 aromatic carbocycles. The molecule has 0 spiro atoms. The van der Waals surface area contributed by atoms with E-state index in [1.165, 1.54) is 4.57 Å². The van der Waals surface area contributed by atoms with Crippen molar-refractivity contribution in [3.63, 3.8) is 0 Å². The van der Waals surface area contributed by atoms with Crippen LogP contribution in [-0.2, 0) is 7.05 Å². The first-order valence-corrected chi connectivity index (χ1v) is 7.31. The average Bonchev–Trinajstić information content (AvgIpc) is 3.01. The fourth-order valence-corrected chi connectivity index (χ4v) is 3.02. The van der Waals surface area contributed by atoms with Gasteiger partial charge in [0.05, 0.1) is 10.7 Å². The third-order valence-electron chi connectivity index (χ3n) is 3.89. The van der Waals surface area contributed by atoms with Crippen LogP contribution in [0.2, 0.25) is 5.02 Å². The fraction of sp³-hybridized carbons (Fsp3) is 0.133. The molecule has 23 heavy (non-hydrogen) atoms. The van der Waals surface area contributed by atoms with Crippen molar-refractivity contribution in [2.75, 3.05) is 0 Å². The molecule has 116 valence electrons. The van der Waals surface area contributed by atoms with Gasteiger partial charge < -0.3 is 0 Å². The van der Waals surface area contributed by atoms with Crippen molar-refractivity contribution >= 4 is 28.5 Å². The molecule has 4 aromatic rings. The smallest absolute Gasteiger partial charge is 0.281 e. The van der Waals surface area contributed by atoms with Crippen molar-refractivity contribution in [3.05, 3.63) is 62.0 Å². The lowest BCUT2D eigenvalue weighted by Gasteiger charge is -2.07. The van der Waals surface area contributed by atoms with Crippen LogP contribution in [0, 0.1) is 6.92 Å². The van der Waals surface area contributed by atoms with Gasteiger partial charge in [-0.1, -0.05) is 23.7 Å². The number of para-hydroxylation sites is 1. The number of hydrogen-bond acceptors (Lipinski definition) is 3. The molecule has 4 rings (SSSR count). The van der Waals surface area contributed by atoms with Gasteiger partial charge in [-0.05, 0) is 19.1 Å². The van der Waals surface area contributed by atoms with E-state index in [1.807, 2.05) is 29.7 Å². The first-order valence-electron chi connectivity index (χ1n) is 6.93. The number of imidazole rings is 2. The molecule has 0 bridgehead atoms. The van der Waals surface area contributed by atoms with Gasteiger partial charge in [0, 0.05) is 18.9 Å². The van der Waals surface area contributed by atoms with Crippen molar-refractivity contribution in [2.24, 2.45) is 7.05 Å². The van der Waals surface area contributed by atoms with E-state index in [2.05, 4.69) is 9.97 Å². The number of H-pyrrole nitrogens is 1. The topological polar surface area (TPSA) is 77.1 Å². The summed E-state index contributed by atoms with van der Waals surface area (Å²) < 4.78 is 4.84. The molecular weight excluding hydrogens is 318 g/mol. The highest BCUT2D eigenvalue weighted by molar-refractivity contribution is 6.32. The lowest BCUT2D eigenvalue weighted by molar-refractivity contribution is 0.831. The summed E-state index contributed by atoms with van der Waals surface area (Å²) in [6, 6.07) is 7.39. The minimum atomic E-state index is -0.496. The first-order chi connectivity index (χ1) is 11.0. The van der Waals surface area contributed by atoms with E-state index in [4.69, 9.17) is 11.6 Å². The molecule has 7 nitrogen and oxygen atoms in total. The van der Waals surface area contributed by atoms with Crippen LogP contribution in [-0.4, -0.2) is 23.5 Å². The molecule has 8 heteroatoms. The number of aromatic nitrogens is 5. The Hall–Kier alpha value is -2.80. The van der Waals surface area contributed by atoms with Crippen LogP contribution in [0.3, 0.4) is 0 Å². The predicted molar refractivity (Wildman–Crippen MR) is 87.6 cm³/mol. The van der Waals surface area contributed by atoms with E-state index in [9.17, 15) is 9.59 Å². The molecule has 0 aliphatic heterocycles. The summed E-state index contributed by atoms with van der Waals surface area (Å²) >= 11 is 6.29. The van der Waals surface area contributed by atoms with Crippen LogP contribution in [0.5, 0.6) is 0 Å². The number of nitrogens with one attached hydrogen (secondary N) is 1. The lowest BCUT2D eigenvalue weighted by Crippen LogP contribution is -2.28. The highest BCUT2D eigenvalue weighted by atomic mass is 35.5. The van der Waals surface area contributed by atoms with Crippen LogP contribution in [0.4, 0.5) is 0 Å². The predicted octanol–water partition coefficient (Wildman–Crippen LogP) is 1.63. The Morgan fingerprint density at radius 1 is 1.22 bits per heavy atom. The third kappa shape index (κ3) is 1.80. The molecule has 1 N–H and O–H groups in total. The van der Waals surface area contributed by atoms with Crippen LogP contribution in [0.25, 0.3) is 22.6 Å². The maximum Gasteiger partial charge on any atom is 0.329 e. The SMILES string of the molecule is Cc1cn2c3c(=O)[nH]c(=O)n(C)c3nc2n1-c1ccccc1Cl. The normalized spacial score (nSPS) is 11.6. The molecule has 0 atom stereocenters. The van der Waals surface area contributed by atoms with Crippen LogP contribution in [0.15, 0.2) is 40.1 Å². The maximum atomic E-state index is 12.2. The summed E-state index contributed by atoms with van der Waals surface area (Å²) in [6.45, 7) is 1.90. The summed E-state index contributed by atoms with van der Waals surface area (Å²) in [4.78, 5) is 30.7. The molecular formula is C15H12ClN5O2. The Balaban J connectivity index is 2.22. The molecule has 0 aliphatic rings. The second-order valence-electron chi connectivity index (χ2n) is 5.33. The molecule has 0 radical (unpaired) electrons. The molecule has 3 aromatic heterocycles. The van der Waals surface area contributed by atoms with Gasteiger partial charge in [0.1, 0.15) is 0 Å². The molecule has 0 amide bonds. The lowest BCUT2D eigenvalue weighted by atomic mass is 10.3. The van der Waals surface area contributed by atoms with Gasteiger partial charge in [0.2, 0.25) is 5.78 Å². The van der Waals surface area contributed by atoms with E-state index in [0.717, 1.165) is 11.4 Å². The van der Waals surface area contributed by atoms with Gasteiger partial charge in [0.25, 0.3) is 5.56 Å². The fourth-order valence-electron chi connectivity index (χ4n) is 2.80. The molecule has 0 saturated heterocycles.